The van der Waals surface area contributed by atoms with Gasteiger partial charge in [-0.05, 0) is 54.6 Å². The van der Waals surface area contributed by atoms with Gasteiger partial charge in [0.1, 0.15) is 0 Å². The molecule has 1 nitrogen and oxygen atoms in total. The summed E-state index contributed by atoms with van der Waals surface area (Å²) in [6.45, 7) is 5.36. The molecule has 0 spiro atoms. The van der Waals surface area contributed by atoms with Crippen LogP contribution in [0.25, 0.3) is 0 Å². The third-order valence-electron chi connectivity index (χ3n) is 2.94. The molecule has 1 atom stereocenters. The first-order chi connectivity index (χ1) is 8.72. The van der Waals surface area contributed by atoms with E-state index in [-0.39, 0.29) is 6.04 Å². The van der Waals surface area contributed by atoms with Gasteiger partial charge in [0.2, 0.25) is 0 Å². The summed E-state index contributed by atoms with van der Waals surface area (Å²) in [7, 11) is 0. The summed E-state index contributed by atoms with van der Waals surface area (Å²) >= 11 is 7.90. The van der Waals surface area contributed by atoms with Crippen LogP contribution in [0, 0.1) is 6.92 Å². The molecule has 1 aromatic carbocycles. The molecule has 0 amide bonds. The second kappa shape index (κ2) is 6.37. The molecule has 0 aliphatic heterocycles. The summed E-state index contributed by atoms with van der Waals surface area (Å²) in [4.78, 5) is 1.38. The van der Waals surface area contributed by atoms with Gasteiger partial charge in [-0.2, -0.15) is 0 Å². The van der Waals surface area contributed by atoms with Gasteiger partial charge in [-0.3, -0.25) is 0 Å². The zero-order chi connectivity index (χ0) is 13.0. The molecule has 2 aromatic rings. The molecule has 96 valence electrons. The molecule has 0 aliphatic carbocycles. The summed E-state index contributed by atoms with van der Waals surface area (Å²) in [5.74, 6) is 0. The van der Waals surface area contributed by atoms with Gasteiger partial charge in [-0.15, -0.1) is 11.3 Å². The molecule has 0 radical (unpaired) electrons. The average Bonchev–Trinajstić information content (AvgIpc) is 2.77. The SMILES string of the molecule is CCCNC(c1cccc(Cl)c1)c1sccc1C. The Hall–Kier alpha value is -0.830. The molecule has 0 saturated heterocycles. The van der Waals surface area contributed by atoms with Crippen molar-refractivity contribution in [2.45, 2.75) is 26.3 Å². The van der Waals surface area contributed by atoms with E-state index >= 15 is 0 Å². The third-order valence-corrected chi connectivity index (χ3v) is 4.26. The number of nitrogens with one attached hydrogen (secondary N) is 1. The molecule has 1 aromatic heterocycles. The first kappa shape index (κ1) is 13.6. The van der Waals surface area contributed by atoms with E-state index in [1.165, 1.54) is 16.0 Å². The molecular weight excluding hydrogens is 262 g/mol. The Labute approximate surface area is 118 Å². The fourth-order valence-electron chi connectivity index (χ4n) is 2.02. The fourth-order valence-corrected chi connectivity index (χ4v) is 3.24. The van der Waals surface area contributed by atoms with Crippen LogP contribution in [0.2, 0.25) is 5.02 Å². The van der Waals surface area contributed by atoms with Gasteiger partial charge in [-0.25, -0.2) is 0 Å². The number of hydrogen-bond acceptors (Lipinski definition) is 2. The van der Waals surface area contributed by atoms with Crippen molar-refractivity contribution >= 4 is 22.9 Å². The van der Waals surface area contributed by atoms with E-state index in [1.807, 2.05) is 18.2 Å². The van der Waals surface area contributed by atoms with Gasteiger partial charge in [0.25, 0.3) is 0 Å². The first-order valence-electron chi connectivity index (χ1n) is 6.25. The molecule has 1 N–H and O–H groups in total. The summed E-state index contributed by atoms with van der Waals surface area (Å²) < 4.78 is 0. The van der Waals surface area contributed by atoms with Crippen molar-refractivity contribution in [1.29, 1.82) is 0 Å². The highest BCUT2D eigenvalue weighted by Crippen LogP contribution is 2.30. The molecule has 0 aliphatic rings. The van der Waals surface area contributed by atoms with Crippen molar-refractivity contribution in [1.82, 2.24) is 5.32 Å². The largest absolute Gasteiger partial charge is 0.306 e. The zero-order valence-corrected chi connectivity index (χ0v) is 12.3. The van der Waals surface area contributed by atoms with E-state index in [0.29, 0.717) is 0 Å². The molecule has 2 rings (SSSR count). The summed E-state index contributed by atoms with van der Waals surface area (Å²) in [5, 5.41) is 6.55. The van der Waals surface area contributed by atoms with Crippen LogP contribution in [0.5, 0.6) is 0 Å². The van der Waals surface area contributed by atoms with E-state index in [0.717, 1.165) is 18.0 Å². The molecule has 18 heavy (non-hydrogen) atoms. The number of rotatable bonds is 5. The second-order valence-electron chi connectivity index (χ2n) is 4.41. The van der Waals surface area contributed by atoms with Crippen LogP contribution in [0.1, 0.15) is 35.4 Å². The Balaban J connectivity index is 2.33. The van der Waals surface area contributed by atoms with Gasteiger partial charge >= 0.3 is 0 Å². The molecule has 1 unspecified atom stereocenters. The lowest BCUT2D eigenvalue weighted by atomic mass is 10.0. The maximum atomic E-state index is 6.10. The van der Waals surface area contributed by atoms with E-state index in [1.54, 1.807) is 11.3 Å². The standard InChI is InChI=1S/C15H18ClNS/c1-3-8-17-14(15-11(2)7-9-18-15)12-5-4-6-13(16)10-12/h4-7,9-10,14,17H,3,8H2,1-2H3. The zero-order valence-electron chi connectivity index (χ0n) is 10.7. The molecule has 0 saturated carbocycles. The molecule has 1 heterocycles. The predicted molar refractivity (Wildman–Crippen MR) is 80.6 cm³/mol. The highest BCUT2D eigenvalue weighted by Gasteiger charge is 2.16. The smallest absolute Gasteiger partial charge is 0.0674 e. The lowest BCUT2D eigenvalue weighted by molar-refractivity contribution is 0.604. The van der Waals surface area contributed by atoms with Crippen molar-refractivity contribution in [3.63, 3.8) is 0 Å². The van der Waals surface area contributed by atoms with Gasteiger partial charge in [0.15, 0.2) is 0 Å². The fraction of sp³-hybridized carbons (Fsp3) is 0.333. The molecular formula is C15H18ClNS. The molecule has 3 heteroatoms. The van der Waals surface area contributed by atoms with E-state index in [9.17, 15) is 0 Å². The van der Waals surface area contributed by atoms with Crippen LogP contribution in [0.4, 0.5) is 0 Å². The third kappa shape index (κ3) is 3.14. The van der Waals surface area contributed by atoms with Gasteiger partial charge in [0.05, 0.1) is 6.04 Å². The topological polar surface area (TPSA) is 12.0 Å². The Morgan fingerprint density at radius 2 is 2.17 bits per heavy atom. The van der Waals surface area contributed by atoms with Crippen LogP contribution >= 0.6 is 22.9 Å². The Kier molecular flexibility index (Phi) is 4.81. The molecule has 0 bridgehead atoms. The van der Waals surface area contributed by atoms with Crippen molar-refractivity contribution in [3.05, 3.63) is 56.7 Å². The number of hydrogen-bond donors (Lipinski definition) is 1. The Morgan fingerprint density at radius 1 is 1.33 bits per heavy atom. The summed E-state index contributed by atoms with van der Waals surface area (Å²) in [6, 6.07) is 10.5. The van der Waals surface area contributed by atoms with Gasteiger partial charge in [0, 0.05) is 9.90 Å². The van der Waals surface area contributed by atoms with Crippen LogP contribution in [-0.2, 0) is 0 Å². The lowest BCUT2D eigenvalue weighted by Gasteiger charge is -2.19. The van der Waals surface area contributed by atoms with Crippen LogP contribution in [0.3, 0.4) is 0 Å². The minimum atomic E-state index is 0.253. The quantitative estimate of drug-likeness (QED) is 0.829. The monoisotopic (exact) mass is 279 g/mol. The maximum absolute atomic E-state index is 6.10. The van der Waals surface area contributed by atoms with E-state index < -0.39 is 0 Å². The van der Waals surface area contributed by atoms with Crippen molar-refractivity contribution in [3.8, 4) is 0 Å². The number of thiophene rings is 1. The number of benzene rings is 1. The number of halogens is 1. The number of aryl methyl sites for hydroxylation is 1. The second-order valence-corrected chi connectivity index (χ2v) is 5.79. The summed E-state index contributed by atoms with van der Waals surface area (Å²) in [6.07, 6.45) is 1.13. The Morgan fingerprint density at radius 3 is 2.78 bits per heavy atom. The van der Waals surface area contributed by atoms with Crippen LogP contribution in [-0.4, -0.2) is 6.54 Å². The normalized spacial score (nSPS) is 12.6. The van der Waals surface area contributed by atoms with Crippen LogP contribution < -0.4 is 5.32 Å². The van der Waals surface area contributed by atoms with E-state index in [2.05, 4.69) is 36.7 Å². The lowest BCUT2D eigenvalue weighted by Crippen LogP contribution is -2.22. The van der Waals surface area contributed by atoms with Crippen molar-refractivity contribution in [2.24, 2.45) is 0 Å². The van der Waals surface area contributed by atoms with Crippen molar-refractivity contribution in [2.75, 3.05) is 6.54 Å². The summed E-state index contributed by atoms with van der Waals surface area (Å²) in [5.41, 5.74) is 2.58. The average molecular weight is 280 g/mol. The molecule has 0 fully saturated rings. The maximum Gasteiger partial charge on any atom is 0.0674 e. The van der Waals surface area contributed by atoms with Crippen molar-refractivity contribution < 1.29 is 0 Å². The highest BCUT2D eigenvalue weighted by molar-refractivity contribution is 7.10. The Bertz CT molecular complexity index is 507. The highest BCUT2D eigenvalue weighted by atomic mass is 35.5. The minimum Gasteiger partial charge on any atom is -0.306 e. The first-order valence-corrected chi connectivity index (χ1v) is 7.51. The van der Waals surface area contributed by atoms with E-state index in [4.69, 9.17) is 11.6 Å². The van der Waals surface area contributed by atoms with Gasteiger partial charge < -0.3 is 5.32 Å². The minimum absolute atomic E-state index is 0.253. The van der Waals surface area contributed by atoms with Gasteiger partial charge in [-0.1, -0.05) is 30.7 Å². The predicted octanol–water partition coefficient (Wildman–Crippen LogP) is 4.80. The van der Waals surface area contributed by atoms with Crippen LogP contribution in [0.15, 0.2) is 35.7 Å².